The lowest BCUT2D eigenvalue weighted by Gasteiger charge is -2.33. The smallest absolute Gasteiger partial charge is 0.244 e. The molecule has 1 aliphatic rings. The SMILES string of the molecule is Cc1cc(S(=O)(=O)N(C)C2CCC(CO)CC2)c(C)s1. The van der Waals surface area contributed by atoms with Crippen LogP contribution >= 0.6 is 11.3 Å². The van der Waals surface area contributed by atoms with Crippen molar-refractivity contribution in [2.75, 3.05) is 13.7 Å². The van der Waals surface area contributed by atoms with E-state index >= 15 is 0 Å². The van der Waals surface area contributed by atoms with Crippen LogP contribution in [0, 0.1) is 19.8 Å². The summed E-state index contributed by atoms with van der Waals surface area (Å²) in [6.07, 6.45) is 3.48. The highest BCUT2D eigenvalue weighted by Crippen LogP contribution is 2.32. The van der Waals surface area contributed by atoms with Crippen LogP contribution in [0.25, 0.3) is 0 Å². The van der Waals surface area contributed by atoms with E-state index in [2.05, 4.69) is 0 Å². The summed E-state index contributed by atoms with van der Waals surface area (Å²) < 4.78 is 26.9. The molecule has 20 heavy (non-hydrogen) atoms. The Morgan fingerprint density at radius 3 is 2.35 bits per heavy atom. The third-order valence-corrected chi connectivity index (χ3v) is 7.37. The van der Waals surface area contributed by atoms with Gasteiger partial charge in [0.25, 0.3) is 0 Å². The van der Waals surface area contributed by atoms with Crippen molar-refractivity contribution in [1.82, 2.24) is 4.31 Å². The number of aryl methyl sites for hydroxylation is 2. The summed E-state index contributed by atoms with van der Waals surface area (Å²) in [5, 5.41) is 9.16. The van der Waals surface area contributed by atoms with Gasteiger partial charge in [-0.1, -0.05) is 0 Å². The van der Waals surface area contributed by atoms with Crippen LogP contribution in [0.3, 0.4) is 0 Å². The van der Waals surface area contributed by atoms with Crippen LogP contribution in [0.1, 0.15) is 35.4 Å². The molecule has 1 aromatic heterocycles. The predicted octanol–water partition coefficient (Wildman–Crippen LogP) is 2.54. The normalized spacial score (nSPS) is 24.2. The highest BCUT2D eigenvalue weighted by molar-refractivity contribution is 7.89. The molecule has 0 atom stereocenters. The Hall–Kier alpha value is -0.430. The van der Waals surface area contributed by atoms with Gasteiger partial charge in [-0.15, -0.1) is 11.3 Å². The molecular formula is C14H23NO3S2. The van der Waals surface area contributed by atoms with Gasteiger partial charge >= 0.3 is 0 Å². The first-order chi connectivity index (χ1) is 9.36. The van der Waals surface area contributed by atoms with Crippen LogP contribution in [-0.2, 0) is 10.0 Å². The summed E-state index contributed by atoms with van der Waals surface area (Å²) in [4.78, 5) is 2.34. The fraction of sp³-hybridized carbons (Fsp3) is 0.714. The van der Waals surface area contributed by atoms with Gasteiger partial charge in [0.15, 0.2) is 0 Å². The first-order valence-electron chi connectivity index (χ1n) is 7.02. The molecule has 2 rings (SSSR count). The van der Waals surface area contributed by atoms with Crippen molar-refractivity contribution in [3.05, 3.63) is 15.8 Å². The van der Waals surface area contributed by atoms with Gasteiger partial charge < -0.3 is 5.11 Å². The van der Waals surface area contributed by atoms with E-state index in [1.165, 1.54) is 15.6 Å². The average molecular weight is 317 g/mol. The molecule has 0 spiro atoms. The minimum atomic E-state index is -3.39. The topological polar surface area (TPSA) is 57.6 Å². The van der Waals surface area contributed by atoms with Crippen molar-refractivity contribution in [2.45, 2.75) is 50.5 Å². The molecule has 1 aromatic rings. The largest absolute Gasteiger partial charge is 0.396 e. The van der Waals surface area contributed by atoms with Gasteiger partial charge in [0, 0.05) is 29.5 Å². The summed E-state index contributed by atoms with van der Waals surface area (Å²) in [5.74, 6) is 0.340. The molecule has 1 aliphatic carbocycles. The van der Waals surface area contributed by atoms with E-state index in [1.54, 1.807) is 13.1 Å². The third-order valence-electron chi connectivity index (χ3n) is 4.24. The molecule has 0 aliphatic heterocycles. The zero-order valence-electron chi connectivity index (χ0n) is 12.3. The molecule has 0 radical (unpaired) electrons. The van der Waals surface area contributed by atoms with E-state index in [-0.39, 0.29) is 12.6 Å². The summed E-state index contributed by atoms with van der Waals surface area (Å²) >= 11 is 1.53. The number of hydrogen-bond acceptors (Lipinski definition) is 4. The number of nitrogens with zero attached hydrogens (tertiary/aromatic N) is 1. The van der Waals surface area contributed by atoms with Crippen molar-refractivity contribution >= 4 is 21.4 Å². The fourth-order valence-corrected chi connectivity index (χ4v) is 5.84. The Morgan fingerprint density at radius 1 is 1.30 bits per heavy atom. The fourth-order valence-electron chi connectivity index (χ4n) is 2.91. The van der Waals surface area contributed by atoms with Gasteiger partial charge in [-0.2, -0.15) is 4.31 Å². The lowest BCUT2D eigenvalue weighted by atomic mass is 9.87. The Balaban J connectivity index is 2.16. The van der Waals surface area contributed by atoms with Crippen LogP contribution < -0.4 is 0 Å². The molecule has 4 nitrogen and oxygen atoms in total. The maximum absolute atomic E-state index is 12.7. The van der Waals surface area contributed by atoms with Crippen molar-refractivity contribution in [2.24, 2.45) is 5.92 Å². The van der Waals surface area contributed by atoms with Gasteiger partial charge in [-0.25, -0.2) is 8.42 Å². The molecule has 1 fully saturated rings. The summed E-state index contributed by atoms with van der Waals surface area (Å²) in [7, 11) is -1.71. The standard InChI is InChI=1S/C14H23NO3S2/c1-10-8-14(11(2)19-10)20(17,18)15(3)13-6-4-12(9-16)5-7-13/h8,12-13,16H,4-7,9H2,1-3H3. The van der Waals surface area contributed by atoms with E-state index in [9.17, 15) is 8.42 Å². The minimum absolute atomic E-state index is 0.0578. The van der Waals surface area contributed by atoms with Crippen molar-refractivity contribution in [3.8, 4) is 0 Å². The zero-order chi connectivity index (χ0) is 14.9. The molecule has 1 heterocycles. The Morgan fingerprint density at radius 2 is 1.90 bits per heavy atom. The minimum Gasteiger partial charge on any atom is -0.396 e. The van der Waals surface area contributed by atoms with Gasteiger partial charge in [-0.3, -0.25) is 0 Å². The second kappa shape index (κ2) is 6.13. The molecule has 0 bridgehead atoms. The number of hydrogen-bond donors (Lipinski definition) is 1. The number of rotatable bonds is 4. The van der Waals surface area contributed by atoms with Crippen LogP contribution in [-0.4, -0.2) is 37.5 Å². The Kier molecular flexibility index (Phi) is 4.89. The Labute approximate surface area is 125 Å². The van der Waals surface area contributed by atoms with E-state index in [4.69, 9.17) is 5.11 Å². The Bertz CT molecular complexity index is 557. The predicted molar refractivity (Wildman–Crippen MR) is 81.6 cm³/mol. The lowest BCUT2D eigenvalue weighted by Crippen LogP contribution is -2.39. The van der Waals surface area contributed by atoms with E-state index in [0.717, 1.165) is 35.4 Å². The van der Waals surface area contributed by atoms with Crippen LogP contribution in [0.15, 0.2) is 11.0 Å². The highest BCUT2D eigenvalue weighted by atomic mass is 32.2. The maximum Gasteiger partial charge on any atom is 0.244 e. The first-order valence-corrected chi connectivity index (χ1v) is 9.28. The molecule has 0 unspecified atom stereocenters. The third kappa shape index (κ3) is 3.08. The van der Waals surface area contributed by atoms with E-state index < -0.39 is 10.0 Å². The molecule has 114 valence electrons. The van der Waals surface area contributed by atoms with E-state index in [1.807, 2.05) is 13.8 Å². The van der Waals surface area contributed by atoms with Gasteiger partial charge in [-0.05, 0) is 51.5 Å². The van der Waals surface area contributed by atoms with Crippen molar-refractivity contribution < 1.29 is 13.5 Å². The van der Waals surface area contributed by atoms with Crippen molar-refractivity contribution in [3.63, 3.8) is 0 Å². The van der Waals surface area contributed by atoms with Crippen LogP contribution in [0.4, 0.5) is 0 Å². The van der Waals surface area contributed by atoms with Crippen molar-refractivity contribution in [1.29, 1.82) is 0 Å². The highest BCUT2D eigenvalue weighted by Gasteiger charge is 2.32. The van der Waals surface area contributed by atoms with Crippen LogP contribution in [0.2, 0.25) is 0 Å². The molecule has 0 saturated heterocycles. The van der Waals surface area contributed by atoms with Crippen LogP contribution in [0.5, 0.6) is 0 Å². The number of sulfonamides is 1. The molecule has 0 aromatic carbocycles. The average Bonchev–Trinajstić information content (AvgIpc) is 2.77. The quantitative estimate of drug-likeness (QED) is 0.928. The molecule has 0 amide bonds. The monoisotopic (exact) mass is 317 g/mol. The first kappa shape index (κ1) is 15.9. The second-order valence-electron chi connectivity index (χ2n) is 5.66. The summed E-state index contributed by atoms with van der Waals surface area (Å²) in [6, 6.07) is 1.83. The van der Waals surface area contributed by atoms with Gasteiger partial charge in [0.05, 0.1) is 4.90 Å². The van der Waals surface area contributed by atoms with E-state index in [0.29, 0.717) is 10.8 Å². The second-order valence-corrected chi connectivity index (χ2v) is 9.08. The molecule has 1 N–H and O–H groups in total. The molecular weight excluding hydrogens is 294 g/mol. The maximum atomic E-state index is 12.7. The summed E-state index contributed by atoms with van der Waals surface area (Å²) in [5.41, 5.74) is 0. The number of aliphatic hydroxyl groups is 1. The lowest BCUT2D eigenvalue weighted by molar-refractivity contribution is 0.159. The molecule has 6 heteroatoms. The molecule has 1 saturated carbocycles. The van der Waals surface area contributed by atoms with Gasteiger partial charge in [0.2, 0.25) is 10.0 Å². The number of thiophene rings is 1. The zero-order valence-corrected chi connectivity index (χ0v) is 13.9. The number of aliphatic hydroxyl groups excluding tert-OH is 1. The van der Waals surface area contributed by atoms with Gasteiger partial charge in [0.1, 0.15) is 0 Å². The summed E-state index contributed by atoms with van der Waals surface area (Å²) in [6.45, 7) is 4.01.